The summed E-state index contributed by atoms with van der Waals surface area (Å²) < 4.78 is 286. The van der Waals surface area contributed by atoms with Crippen LogP contribution in [-0.2, 0) is 165 Å². The first kappa shape index (κ1) is 77.2. The summed E-state index contributed by atoms with van der Waals surface area (Å²) in [6, 6.07) is 0. The number of hydrogen-bond donors (Lipinski definition) is 9. The molecule has 8 unspecified atom stereocenters. The van der Waals surface area contributed by atoms with E-state index in [-0.39, 0.29) is 55.9 Å². The number of hydrogen-bond acceptors (Lipinski definition) is 43. The Hall–Kier alpha value is -0.210. The van der Waals surface area contributed by atoms with Crippen molar-refractivity contribution in [2.45, 2.75) is 196 Å². The molecule has 0 aromatic rings. The Morgan fingerprint density at radius 3 is 0.882 bits per heavy atom. The van der Waals surface area contributed by atoms with Gasteiger partial charge >= 0.3 is 52.0 Å². The lowest BCUT2D eigenvalue weighted by Crippen LogP contribution is -2.68. The molecule has 0 radical (unpaired) electrons. The molecule has 53 heteroatoms. The normalized spacial score (nSPS) is 34.6. The van der Waals surface area contributed by atoms with Gasteiger partial charge in [0, 0.05) is 6.61 Å². The minimum absolute atomic E-state index is 0.161. The van der Waals surface area contributed by atoms with Crippen molar-refractivity contribution in [3.63, 3.8) is 0 Å². The fraction of sp³-hybridized carbons (Fsp3) is 1.00. The molecule has 85 heavy (non-hydrogen) atoms. The van der Waals surface area contributed by atoms with Crippen molar-refractivity contribution >= 4 is 101 Å². The summed E-state index contributed by atoms with van der Waals surface area (Å²) in [6.07, 6.45) is -40.7. The molecule has 9 N–H and O–H groups in total. The quantitative estimate of drug-likeness (QED) is 0.0135. The van der Waals surface area contributed by atoms with Crippen LogP contribution < -0.4 is 0 Å². The summed E-state index contributed by atoms with van der Waals surface area (Å²) in [5.41, 5.74) is 0. The van der Waals surface area contributed by atoms with Crippen LogP contribution >= 0.6 is 49.3 Å². The zero-order valence-electron chi connectivity index (χ0n) is 43.5. The molecule has 0 aliphatic carbocycles. The van der Waals surface area contributed by atoms with Gasteiger partial charge < -0.3 is 37.9 Å². The second-order valence-electron chi connectivity index (χ2n) is 17.3. The molecular formula is C32H58O44S9. The molecular weight excluding hydrogens is 1380 g/mol. The molecule has 4 fully saturated rings. The van der Waals surface area contributed by atoms with Gasteiger partial charge in [-0.25, -0.2) is 41.9 Å². The van der Waals surface area contributed by atoms with Crippen molar-refractivity contribution in [3.05, 3.63) is 0 Å². The van der Waals surface area contributed by atoms with Gasteiger partial charge in [-0.15, -0.1) is 17.3 Å². The minimum atomic E-state index is -6.01. The van der Waals surface area contributed by atoms with Gasteiger partial charge in [-0.05, 0) is 34.1 Å². The van der Waals surface area contributed by atoms with Crippen molar-refractivity contribution in [3.8, 4) is 0 Å². The highest BCUT2D eigenvalue weighted by Gasteiger charge is 2.60. The van der Waals surface area contributed by atoms with Crippen molar-refractivity contribution in [1.29, 1.82) is 0 Å². The van der Waals surface area contributed by atoms with Crippen LogP contribution in [0, 0.1) is 0 Å². The van der Waals surface area contributed by atoms with E-state index in [1.54, 1.807) is 0 Å². The Bertz CT molecular complexity index is 2520. The van der Waals surface area contributed by atoms with Gasteiger partial charge in [0.15, 0.2) is 98.9 Å². The van der Waals surface area contributed by atoms with Crippen LogP contribution in [0.4, 0.5) is 0 Å². The average Bonchev–Trinajstić information content (AvgIpc) is 3.22. The highest BCUT2D eigenvalue weighted by molar-refractivity contribution is 7.90. The molecule has 20 atom stereocenters. The van der Waals surface area contributed by atoms with Gasteiger partial charge in [0.2, 0.25) is 0 Å². The Morgan fingerprint density at radius 2 is 0.588 bits per heavy atom. The standard InChI is InChI=1S/C32H58O44S9/c1-6-7-8-9-10-11-12-52-29-25(65-82(40,41)42)21(17(13(2)53-29)60-77-73-69-33)57-30-26(66-83(43,44)45)22(18(14(3)54-30)61-78-74-70-34)58-31-27(67-84(46,47)48)23(19(15(4)55-31)62-79-75-71-35)59-32-28(68-85(49,50)51)24(64-81(37,38)39)20(16(5)56-32)63-80-76-72-36/h13-36H,6-12H2,1-5H3,(H,37,38,39)(H,40,41,42)(H,43,44,45)(H,46,47,48)(H,49,50,51)/t13?,14?,15?,16?,17-,18-,19-,20-,21-,22-,23-,24-,25?,26?,27?,28?,29-,30-,31-,32-/m0/s1. The Kier molecular flexibility index (Phi) is 33.0. The molecule has 0 spiro atoms. The van der Waals surface area contributed by atoms with Crippen LogP contribution in [0.15, 0.2) is 0 Å². The third-order valence-corrected chi connectivity index (χ3v) is 15.6. The third kappa shape index (κ3) is 26.4. The first-order chi connectivity index (χ1) is 39.7. The summed E-state index contributed by atoms with van der Waals surface area (Å²) in [4.78, 5) is 0. The molecule has 0 aromatic heterocycles. The first-order valence-electron chi connectivity index (χ1n) is 23.4. The molecule has 4 aliphatic rings. The maximum Gasteiger partial charge on any atom is 0.397 e. The van der Waals surface area contributed by atoms with Crippen molar-refractivity contribution in [1.82, 2.24) is 0 Å². The Morgan fingerprint density at radius 1 is 0.341 bits per heavy atom. The largest absolute Gasteiger partial charge is 0.397 e. The molecule has 504 valence electrons. The smallest absolute Gasteiger partial charge is 0.350 e. The van der Waals surface area contributed by atoms with Gasteiger partial charge in [0.25, 0.3) is 0 Å². The van der Waals surface area contributed by atoms with E-state index in [0.29, 0.717) is 12.8 Å². The molecule has 44 nitrogen and oxygen atoms in total. The van der Waals surface area contributed by atoms with Crippen LogP contribution in [0.25, 0.3) is 0 Å². The molecule has 4 rings (SSSR count). The SMILES string of the molecule is CCCCCCCCO[C@H]1OC(C)[C@H](OSOOO)[C@H](O[C@@H]2OC(C)[C@H](OSOOO)[C@H](O[C@@H]3OC(C)[C@H](OSOOO)[C@H](O[C@@H]4OC(C)[C@H](OSOOO)[C@H](OS(=O)(=O)O)C4OS(=O)(=O)O)C3OS(=O)(=O)O)C2OS(=O)(=O)O)C1OS(=O)(=O)O. The van der Waals surface area contributed by atoms with Crippen molar-refractivity contribution < 1.29 is 199 Å². The second-order valence-corrected chi connectivity index (χ2v) is 24.4. The number of unbranched alkanes of at least 4 members (excludes halogenated alkanes) is 5. The van der Waals surface area contributed by atoms with Crippen molar-refractivity contribution in [2.75, 3.05) is 6.61 Å². The summed E-state index contributed by atoms with van der Waals surface area (Å²) in [7, 11) is -29.3. The van der Waals surface area contributed by atoms with Gasteiger partial charge in [-0.3, -0.25) is 39.5 Å². The van der Waals surface area contributed by atoms with E-state index >= 15 is 0 Å². The van der Waals surface area contributed by atoms with E-state index in [9.17, 15) is 64.9 Å². The third-order valence-electron chi connectivity index (χ3n) is 11.6. The zero-order chi connectivity index (χ0) is 63.5. The molecule has 4 aliphatic heterocycles. The van der Waals surface area contributed by atoms with Crippen LogP contribution in [0.5, 0.6) is 0 Å². The molecule has 4 heterocycles. The van der Waals surface area contributed by atoms with Gasteiger partial charge in [-0.1, -0.05) is 59.2 Å². The zero-order valence-corrected chi connectivity index (χ0v) is 50.8. The number of rotatable bonds is 40. The topological polar surface area (TPSA) is 584 Å². The monoisotopic (exact) mass is 1430 g/mol. The number of ether oxygens (including phenoxy) is 8. The maximum absolute atomic E-state index is 12.9. The molecule has 4 saturated heterocycles. The highest BCUT2D eigenvalue weighted by Crippen LogP contribution is 2.42. The van der Waals surface area contributed by atoms with Crippen LogP contribution in [-0.4, -0.2) is 215 Å². The summed E-state index contributed by atoms with van der Waals surface area (Å²) >= 11 is -1.08. The average molecular weight is 1440 g/mol. The van der Waals surface area contributed by atoms with E-state index in [2.05, 4.69) is 45.9 Å². The predicted molar refractivity (Wildman–Crippen MR) is 262 cm³/mol. The van der Waals surface area contributed by atoms with Crippen LogP contribution in [0.3, 0.4) is 0 Å². The Labute approximate surface area is 500 Å². The van der Waals surface area contributed by atoms with Gasteiger partial charge in [-0.2, -0.15) is 42.1 Å². The molecule has 0 bridgehead atoms. The van der Waals surface area contributed by atoms with E-state index in [1.807, 2.05) is 6.92 Å². The highest BCUT2D eigenvalue weighted by atomic mass is 32.3. The van der Waals surface area contributed by atoms with E-state index in [4.69, 9.17) is 88.2 Å². The minimum Gasteiger partial charge on any atom is -0.350 e. The van der Waals surface area contributed by atoms with Gasteiger partial charge in [0.05, 0.1) is 24.4 Å². The summed E-state index contributed by atoms with van der Waals surface area (Å²) in [5, 5.41) is 49.3. The lowest BCUT2D eigenvalue weighted by Gasteiger charge is -2.50. The Balaban J connectivity index is 1.94. The summed E-state index contributed by atoms with van der Waals surface area (Å²) in [6.45, 7) is 6.17. The van der Waals surface area contributed by atoms with Crippen molar-refractivity contribution in [2.24, 2.45) is 0 Å². The van der Waals surface area contributed by atoms with E-state index < -0.39 is 175 Å². The predicted octanol–water partition coefficient (Wildman–Crippen LogP) is 0.917. The van der Waals surface area contributed by atoms with Gasteiger partial charge in [0.1, 0.15) is 48.8 Å². The molecule has 0 aromatic carbocycles. The first-order valence-corrected chi connectivity index (χ1v) is 32.9. The second kappa shape index (κ2) is 36.3. The van der Waals surface area contributed by atoms with Crippen LogP contribution in [0.1, 0.15) is 73.1 Å². The van der Waals surface area contributed by atoms with Crippen LogP contribution in [0.2, 0.25) is 0 Å². The fourth-order valence-corrected chi connectivity index (χ4v) is 12.5. The summed E-state index contributed by atoms with van der Waals surface area (Å²) in [5.74, 6) is 0. The molecule has 0 saturated carbocycles. The lowest BCUT2D eigenvalue weighted by atomic mass is 9.96. The van der Waals surface area contributed by atoms with E-state index in [1.165, 1.54) is 6.92 Å². The fourth-order valence-electron chi connectivity index (χ4n) is 8.41. The molecule has 0 amide bonds. The lowest BCUT2D eigenvalue weighted by molar-refractivity contribution is -0.435. The van der Waals surface area contributed by atoms with E-state index in [0.717, 1.165) is 46.5 Å². The maximum atomic E-state index is 12.9.